The number of hydrogen-bond donors (Lipinski definition) is 2. The molecule has 1 saturated carbocycles. The molecule has 16 heavy (non-hydrogen) atoms. The van der Waals surface area contributed by atoms with E-state index in [1.807, 2.05) is 12.3 Å². The summed E-state index contributed by atoms with van der Waals surface area (Å²) >= 11 is 0. The topological polar surface area (TPSA) is 50.9 Å². The number of aromatic nitrogens is 1. The third-order valence-electron chi connectivity index (χ3n) is 3.55. The molecule has 1 atom stereocenters. The Morgan fingerprint density at radius 1 is 1.50 bits per heavy atom. The number of pyridine rings is 1. The second-order valence-corrected chi connectivity index (χ2v) is 4.70. The SMILES string of the molecule is Cc1cccnc1NC(CN)C1CCCC1. The molecular weight excluding hydrogens is 198 g/mol. The van der Waals surface area contributed by atoms with E-state index in [9.17, 15) is 0 Å². The Labute approximate surface area is 97.5 Å². The van der Waals surface area contributed by atoms with Crippen molar-refractivity contribution in [2.45, 2.75) is 38.6 Å². The summed E-state index contributed by atoms with van der Waals surface area (Å²) in [6.07, 6.45) is 7.15. The van der Waals surface area contributed by atoms with E-state index in [4.69, 9.17) is 5.73 Å². The molecular formula is C13H21N3. The van der Waals surface area contributed by atoms with Gasteiger partial charge in [0.15, 0.2) is 0 Å². The molecule has 0 amide bonds. The fourth-order valence-electron chi connectivity index (χ4n) is 2.54. The summed E-state index contributed by atoms with van der Waals surface area (Å²) in [5.74, 6) is 1.72. The van der Waals surface area contributed by atoms with E-state index in [1.165, 1.54) is 31.2 Å². The highest BCUT2D eigenvalue weighted by molar-refractivity contribution is 5.43. The smallest absolute Gasteiger partial charge is 0.129 e. The zero-order valence-electron chi connectivity index (χ0n) is 9.95. The summed E-state index contributed by atoms with van der Waals surface area (Å²) in [7, 11) is 0. The van der Waals surface area contributed by atoms with E-state index in [1.54, 1.807) is 0 Å². The number of nitrogens with zero attached hydrogens (tertiary/aromatic N) is 1. The standard InChI is InChI=1S/C13H21N3/c1-10-5-4-8-15-13(10)16-12(9-14)11-6-2-3-7-11/h4-5,8,11-12H,2-3,6-7,9,14H2,1H3,(H,15,16). The normalized spacial score (nSPS) is 18.6. The molecule has 0 spiro atoms. The predicted octanol–water partition coefficient (Wildman–Crippen LogP) is 2.32. The molecule has 0 saturated heterocycles. The number of rotatable bonds is 4. The van der Waals surface area contributed by atoms with Crippen LogP contribution in [0.15, 0.2) is 18.3 Å². The van der Waals surface area contributed by atoms with Crippen molar-refractivity contribution < 1.29 is 0 Å². The molecule has 3 nitrogen and oxygen atoms in total. The third-order valence-corrected chi connectivity index (χ3v) is 3.55. The summed E-state index contributed by atoms with van der Waals surface area (Å²) < 4.78 is 0. The van der Waals surface area contributed by atoms with Crippen LogP contribution in [-0.2, 0) is 0 Å². The Kier molecular flexibility index (Phi) is 3.78. The minimum atomic E-state index is 0.385. The second-order valence-electron chi connectivity index (χ2n) is 4.70. The molecule has 1 aromatic heterocycles. The van der Waals surface area contributed by atoms with Crippen molar-refractivity contribution in [2.75, 3.05) is 11.9 Å². The molecule has 0 aliphatic heterocycles. The molecule has 1 heterocycles. The summed E-state index contributed by atoms with van der Waals surface area (Å²) in [5.41, 5.74) is 7.05. The Morgan fingerprint density at radius 3 is 2.88 bits per heavy atom. The lowest BCUT2D eigenvalue weighted by molar-refractivity contribution is 0.461. The molecule has 0 aromatic carbocycles. The molecule has 1 unspecified atom stereocenters. The van der Waals surface area contributed by atoms with Crippen LogP contribution in [0.25, 0.3) is 0 Å². The summed E-state index contributed by atoms with van der Waals surface area (Å²) in [6, 6.07) is 4.43. The van der Waals surface area contributed by atoms with Crippen LogP contribution in [0.5, 0.6) is 0 Å². The largest absolute Gasteiger partial charge is 0.366 e. The van der Waals surface area contributed by atoms with Crippen molar-refractivity contribution in [1.82, 2.24) is 4.98 Å². The van der Waals surface area contributed by atoms with Crippen LogP contribution in [0.1, 0.15) is 31.2 Å². The molecule has 1 fully saturated rings. The van der Waals surface area contributed by atoms with E-state index in [0.29, 0.717) is 12.6 Å². The fourth-order valence-corrected chi connectivity index (χ4v) is 2.54. The lowest BCUT2D eigenvalue weighted by Gasteiger charge is -2.24. The molecule has 1 aliphatic rings. The highest BCUT2D eigenvalue weighted by Gasteiger charge is 2.24. The van der Waals surface area contributed by atoms with Crippen LogP contribution in [0, 0.1) is 12.8 Å². The first kappa shape index (κ1) is 11.4. The monoisotopic (exact) mass is 219 g/mol. The van der Waals surface area contributed by atoms with Gasteiger partial charge in [-0.25, -0.2) is 4.98 Å². The third kappa shape index (κ3) is 2.53. The van der Waals surface area contributed by atoms with Gasteiger partial charge >= 0.3 is 0 Å². The highest BCUT2D eigenvalue weighted by atomic mass is 15.0. The lowest BCUT2D eigenvalue weighted by Crippen LogP contribution is -2.35. The van der Waals surface area contributed by atoms with Crippen molar-refractivity contribution in [3.63, 3.8) is 0 Å². The highest BCUT2D eigenvalue weighted by Crippen LogP contribution is 2.29. The number of nitrogens with two attached hydrogens (primary N) is 1. The van der Waals surface area contributed by atoms with Gasteiger partial charge in [0.2, 0.25) is 0 Å². The van der Waals surface area contributed by atoms with Crippen LogP contribution >= 0.6 is 0 Å². The zero-order chi connectivity index (χ0) is 11.4. The molecule has 1 aromatic rings. The fraction of sp³-hybridized carbons (Fsp3) is 0.615. The Balaban J connectivity index is 2.03. The Hall–Kier alpha value is -1.09. The van der Waals surface area contributed by atoms with Gasteiger partial charge in [0.05, 0.1) is 0 Å². The van der Waals surface area contributed by atoms with Gasteiger partial charge in [0, 0.05) is 18.8 Å². The first-order valence-corrected chi connectivity index (χ1v) is 6.19. The van der Waals surface area contributed by atoms with E-state index < -0.39 is 0 Å². The molecule has 1 aliphatic carbocycles. The summed E-state index contributed by atoms with van der Waals surface area (Å²) in [4.78, 5) is 4.37. The minimum absolute atomic E-state index is 0.385. The van der Waals surface area contributed by atoms with Crippen LogP contribution in [0.4, 0.5) is 5.82 Å². The number of aryl methyl sites for hydroxylation is 1. The average Bonchev–Trinajstić information content (AvgIpc) is 2.81. The zero-order valence-corrected chi connectivity index (χ0v) is 9.95. The lowest BCUT2D eigenvalue weighted by atomic mass is 9.98. The van der Waals surface area contributed by atoms with Gasteiger partial charge in [0.1, 0.15) is 5.82 Å². The van der Waals surface area contributed by atoms with Gasteiger partial charge in [-0.15, -0.1) is 0 Å². The Bertz CT molecular complexity index is 332. The van der Waals surface area contributed by atoms with Crippen LogP contribution in [0.2, 0.25) is 0 Å². The molecule has 88 valence electrons. The maximum atomic E-state index is 5.86. The van der Waals surface area contributed by atoms with Crippen molar-refractivity contribution in [1.29, 1.82) is 0 Å². The molecule has 0 radical (unpaired) electrons. The maximum absolute atomic E-state index is 5.86. The van der Waals surface area contributed by atoms with Crippen molar-refractivity contribution >= 4 is 5.82 Å². The van der Waals surface area contributed by atoms with Gasteiger partial charge in [0.25, 0.3) is 0 Å². The second kappa shape index (κ2) is 5.30. The van der Waals surface area contributed by atoms with E-state index in [0.717, 1.165) is 11.7 Å². The van der Waals surface area contributed by atoms with Gasteiger partial charge < -0.3 is 11.1 Å². The van der Waals surface area contributed by atoms with Crippen LogP contribution in [0.3, 0.4) is 0 Å². The number of anilines is 1. The molecule has 3 N–H and O–H groups in total. The van der Waals surface area contributed by atoms with Crippen LogP contribution in [-0.4, -0.2) is 17.6 Å². The number of hydrogen-bond acceptors (Lipinski definition) is 3. The van der Waals surface area contributed by atoms with Crippen LogP contribution < -0.4 is 11.1 Å². The maximum Gasteiger partial charge on any atom is 0.129 e. The van der Waals surface area contributed by atoms with Gasteiger partial charge in [-0.05, 0) is 37.3 Å². The minimum Gasteiger partial charge on any atom is -0.366 e. The van der Waals surface area contributed by atoms with E-state index in [-0.39, 0.29) is 0 Å². The molecule has 0 bridgehead atoms. The number of nitrogens with one attached hydrogen (secondary N) is 1. The van der Waals surface area contributed by atoms with Crippen molar-refractivity contribution in [3.8, 4) is 0 Å². The first-order chi connectivity index (χ1) is 7.81. The average molecular weight is 219 g/mol. The first-order valence-electron chi connectivity index (χ1n) is 6.19. The van der Waals surface area contributed by atoms with Crippen molar-refractivity contribution in [3.05, 3.63) is 23.9 Å². The molecule has 3 heteroatoms. The molecule has 2 rings (SSSR count). The quantitative estimate of drug-likeness (QED) is 0.817. The van der Waals surface area contributed by atoms with Gasteiger partial charge in [-0.2, -0.15) is 0 Å². The summed E-state index contributed by atoms with van der Waals surface area (Å²) in [5, 5.41) is 3.50. The van der Waals surface area contributed by atoms with Crippen molar-refractivity contribution in [2.24, 2.45) is 11.7 Å². The van der Waals surface area contributed by atoms with E-state index >= 15 is 0 Å². The van der Waals surface area contributed by atoms with E-state index in [2.05, 4.69) is 23.3 Å². The summed E-state index contributed by atoms with van der Waals surface area (Å²) in [6.45, 7) is 2.78. The van der Waals surface area contributed by atoms with Gasteiger partial charge in [-0.3, -0.25) is 0 Å². The van der Waals surface area contributed by atoms with Gasteiger partial charge in [-0.1, -0.05) is 18.9 Å². The Morgan fingerprint density at radius 2 is 2.25 bits per heavy atom. The predicted molar refractivity (Wildman–Crippen MR) is 67.4 cm³/mol.